The van der Waals surface area contributed by atoms with Gasteiger partial charge in [-0.1, -0.05) is 22.8 Å². The average Bonchev–Trinajstić information content (AvgIpc) is 2.34. The molecule has 0 heterocycles. The van der Waals surface area contributed by atoms with E-state index in [0.717, 1.165) is 0 Å². The van der Waals surface area contributed by atoms with E-state index in [1.165, 1.54) is 0 Å². The number of carboxylic acids is 1. The van der Waals surface area contributed by atoms with Gasteiger partial charge in [0.2, 0.25) is 6.35 Å². The van der Waals surface area contributed by atoms with Crippen molar-refractivity contribution in [2.45, 2.75) is 12.5 Å². The molecule has 2 atom stereocenters. The van der Waals surface area contributed by atoms with E-state index in [-0.39, 0.29) is 12.6 Å². The van der Waals surface area contributed by atoms with E-state index in [4.69, 9.17) is 10.2 Å². The number of aliphatic hydroxyl groups excluding tert-OH is 1. The van der Waals surface area contributed by atoms with Gasteiger partial charge < -0.3 is 15.5 Å². The van der Waals surface area contributed by atoms with Crippen LogP contribution in [0.4, 0.5) is 5.69 Å². The summed E-state index contributed by atoms with van der Waals surface area (Å²) >= 11 is 0. The van der Waals surface area contributed by atoms with Crippen molar-refractivity contribution in [2.24, 2.45) is 0 Å². The second-order valence-electron chi connectivity index (χ2n) is 3.54. The van der Waals surface area contributed by atoms with Gasteiger partial charge in [-0.05, 0) is 12.1 Å². The molecule has 0 aliphatic carbocycles. The molecule has 0 saturated carbocycles. The van der Waals surface area contributed by atoms with Crippen molar-refractivity contribution in [3.05, 3.63) is 30.3 Å². The normalized spacial score (nSPS) is 12.9. The lowest BCUT2D eigenvalue weighted by molar-refractivity contribution is -0.137. The van der Waals surface area contributed by atoms with Gasteiger partial charge in [-0.15, -0.1) is 0 Å². The van der Waals surface area contributed by atoms with Crippen LogP contribution in [0, 0.1) is 0 Å². The fraction of sp³-hybridized carbons (Fsp3) is 0.364. The molecular formula is C11H15NO4P+. The summed E-state index contributed by atoms with van der Waals surface area (Å²) in [6.07, 6.45) is 0.0234. The molecule has 0 aromatic heterocycles. The first kappa shape index (κ1) is 13.6. The SMILES string of the molecule is O=C(O)C(CC[P+](=O)CO)Nc1ccccc1. The van der Waals surface area contributed by atoms with Gasteiger partial charge in [0.05, 0.1) is 0 Å². The Labute approximate surface area is 100 Å². The molecule has 0 aliphatic heterocycles. The number of nitrogens with one attached hydrogen (secondary N) is 1. The van der Waals surface area contributed by atoms with Crippen molar-refractivity contribution in [1.29, 1.82) is 0 Å². The van der Waals surface area contributed by atoms with Crippen LogP contribution in [0.25, 0.3) is 0 Å². The smallest absolute Gasteiger partial charge is 0.366 e. The molecule has 1 rings (SSSR count). The highest BCUT2D eigenvalue weighted by Crippen LogP contribution is 2.21. The summed E-state index contributed by atoms with van der Waals surface area (Å²) in [5, 5.41) is 20.5. The number of rotatable bonds is 7. The third kappa shape index (κ3) is 4.93. The van der Waals surface area contributed by atoms with E-state index in [9.17, 15) is 9.36 Å². The Hall–Kier alpha value is -1.45. The Kier molecular flexibility index (Phi) is 5.60. The molecule has 3 N–H and O–H groups in total. The lowest BCUT2D eigenvalue weighted by Crippen LogP contribution is -2.29. The van der Waals surface area contributed by atoms with Gasteiger partial charge in [0.1, 0.15) is 6.04 Å². The molecule has 0 amide bonds. The van der Waals surface area contributed by atoms with Gasteiger partial charge in [0.15, 0.2) is 6.16 Å². The number of hydrogen-bond donors (Lipinski definition) is 3. The van der Waals surface area contributed by atoms with Crippen LogP contribution in [-0.4, -0.2) is 34.7 Å². The summed E-state index contributed by atoms with van der Waals surface area (Å²) in [5.74, 6) is -0.991. The second-order valence-corrected chi connectivity index (χ2v) is 5.23. The van der Waals surface area contributed by atoms with E-state index in [1.807, 2.05) is 6.07 Å². The molecule has 92 valence electrons. The van der Waals surface area contributed by atoms with Crippen LogP contribution in [0.3, 0.4) is 0 Å². The zero-order valence-corrected chi connectivity index (χ0v) is 10.1. The topological polar surface area (TPSA) is 86.6 Å². The Morgan fingerprint density at radius 1 is 1.35 bits per heavy atom. The zero-order valence-electron chi connectivity index (χ0n) is 9.24. The van der Waals surface area contributed by atoms with Crippen LogP contribution in [-0.2, 0) is 9.36 Å². The first-order chi connectivity index (χ1) is 8.13. The lowest BCUT2D eigenvalue weighted by atomic mass is 10.2. The largest absolute Gasteiger partial charge is 0.480 e. The summed E-state index contributed by atoms with van der Waals surface area (Å²) < 4.78 is 11.1. The zero-order chi connectivity index (χ0) is 12.7. The molecule has 0 aliphatic rings. The average molecular weight is 256 g/mol. The standard InChI is InChI=1S/C11H14NO4P/c13-8-17(16)7-6-10(11(14)15)12-9-4-2-1-3-5-9/h1-5,10,12-13H,6-8H2/p+1. The molecular weight excluding hydrogens is 241 g/mol. The minimum Gasteiger partial charge on any atom is -0.480 e. The molecule has 0 spiro atoms. The van der Waals surface area contributed by atoms with Crippen LogP contribution >= 0.6 is 7.80 Å². The number of aliphatic carboxylic acids is 1. The third-order valence-electron chi connectivity index (χ3n) is 2.24. The maximum absolute atomic E-state index is 11.1. The van der Waals surface area contributed by atoms with Gasteiger partial charge in [-0.3, -0.25) is 0 Å². The molecule has 0 saturated heterocycles. The van der Waals surface area contributed by atoms with E-state index >= 15 is 0 Å². The van der Waals surface area contributed by atoms with Crippen LogP contribution < -0.4 is 5.32 Å². The molecule has 0 bridgehead atoms. The number of carboxylic acid groups (broad SMARTS) is 1. The van der Waals surface area contributed by atoms with E-state index in [2.05, 4.69) is 5.32 Å². The van der Waals surface area contributed by atoms with Crippen molar-refractivity contribution in [1.82, 2.24) is 0 Å². The monoisotopic (exact) mass is 256 g/mol. The Morgan fingerprint density at radius 3 is 2.53 bits per heavy atom. The Morgan fingerprint density at radius 2 is 2.00 bits per heavy atom. The number of para-hydroxylation sites is 1. The molecule has 5 nitrogen and oxygen atoms in total. The fourth-order valence-electron chi connectivity index (χ4n) is 1.34. The molecule has 6 heteroatoms. The van der Waals surface area contributed by atoms with E-state index in [0.29, 0.717) is 5.69 Å². The van der Waals surface area contributed by atoms with E-state index < -0.39 is 26.2 Å². The minimum absolute atomic E-state index is 0.197. The van der Waals surface area contributed by atoms with Crippen LogP contribution in [0.5, 0.6) is 0 Å². The highest BCUT2D eigenvalue weighted by Gasteiger charge is 2.22. The van der Waals surface area contributed by atoms with Crippen molar-refractivity contribution in [2.75, 3.05) is 17.8 Å². The minimum atomic E-state index is -1.71. The van der Waals surface area contributed by atoms with Gasteiger partial charge >= 0.3 is 13.8 Å². The Balaban J connectivity index is 2.55. The molecule has 0 radical (unpaired) electrons. The summed E-state index contributed by atoms with van der Waals surface area (Å²) in [4.78, 5) is 11.0. The van der Waals surface area contributed by atoms with Gasteiger partial charge in [0.25, 0.3) is 0 Å². The second kappa shape index (κ2) is 6.99. The summed E-state index contributed by atoms with van der Waals surface area (Å²) in [7, 11) is -1.71. The summed E-state index contributed by atoms with van der Waals surface area (Å²) in [5.41, 5.74) is 0.708. The van der Waals surface area contributed by atoms with Gasteiger partial charge in [-0.25, -0.2) is 4.79 Å². The van der Waals surface area contributed by atoms with Crippen molar-refractivity contribution < 1.29 is 19.6 Å². The van der Waals surface area contributed by atoms with Crippen LogP contribution in [0.1, 0.15) is 6.42 Å². The third-order valence-corrected chi connectivity index (χ3v) is 3.31. The maximum atomic E-state index is 11.1. The molecule has 17 heavy (non-hydrogen) atoms. The highest BCUT2D eigenvalue weighted by molar-refractivity contribution is 7.44. The number of benzene rings is 1. The summed E-state index contributed by atoms with van der Waals surface area (Å²) in [6, 6.07) is 8.18. The molecule has 1 aromatic carbocycles. The molecule has 2 unspecified atom stereocenters. The molecule has 0 fully saturated rings. The van der Waals surface area contributed by atoms with Crippen molar-refractivity contribution in [3.63, 3.8) is 0 Å². The lowest BCUT2D eigenvalue weighted by Gasteiger charge is -2.13. The number of hydrogen-bond acceptors (Lipinski definition) is 4. The predicted octanol–water partition coefficient (Wildman–Crippen LogP) is 1.72. The van der Waals surface area contributed by atoms with Gasteiger partial charge in [-0.2, -0.15) is 0 Å². The first-order valence-corrected chi connectivity index (χ1v) is 6.84. The summed E-state index contributed by atoms with van der Waals surface area (Å²) in [6.45, 7) is 0. The number of aliphatic hydroxyl groups is 1. The maximum Gasteiger partial charge on any atom is 0.366 e. The quantitative estimate of drug-likeness (QED) is 0.646. The molecule has 1 aromatic rings. The Bertz CT molecular complexity index is 382. The van der Waals surface area contributed by atoms with Crippen molar-refractivity contribution in [3.8, 4) is 0 Å². The predicted molar refractivity (Wildman–Crippen MR) is 65.7 cm³/mol. The van der Waals surface area contributed by atoms with Crippen LogP contribution in [0.15, 0.2) is 30.3 Å². The van der Waals surface area contributed by atoms with Gasteiger partial charge in [0, 0.05) is 12.1 Å². The highest BCUT2D eigenvalue weighted by atomic mass is 31.1. The van der Waals surface area contributed by atoms with Crippen molar-refractivity contribution >= 4 is 19.5 Å². The van der Waals surface area contributed by atoms with E-state index in [1.54, 1.807) is 24.3 Å². The number of anilines is 1. The van der Waals surface area contributed by atoms with Crippen LogP contribution in [0.2, 0.25) is 0 Å². The fourth-order valence-corrected chi connectivity index (χ4v) is 2.02. The first-order valence-electron chi connectivity index (χ1n) is 5.21. The number of carbonyl (C=O) groups is 1.